The summed E-state index contributed by atoms with van der Waals surface area (Å²) in [7, 11) is 0. The van der Waals surface area contributed by atoms with Crippen molar-refractivity contribution in [3.8, 4) is 6.07 Å². The van der Waals surface area contributed by atoms with Crippen LogP contribution < -0.4 is 0 Å². The lowest BCUT2D eigenvalue weighted by Gasteiger charge is -2.28. The number of nitriles is 1. The molecule has 0 radical (unpaired) electrons. The molecule has 0 aromatic heterocycles. The summed E-state index contributed by atoms with van der Waals surface area (Å²) in [5.74, 6) is 0.627. The molecule has 1 fully saturated rings. The first kappa shape index (κ1) is 15.6. The SMILES string of the molecule is CCCC/C=C/OC1CCC(c2ccc(C#N)cc2)CC1. The minimum absolute atomic E-state index is 0.387. The molecule has 1 aliphatic rings. The zero-order valence-corrected chi connectivity index (χ0v) is 12.9. The number of hydrogen-bond acceptors (Lipinski definition) is 2. The Morgan fingerprint density at radius 3 is 2.52 bits per heavy atom. The van der Waals surface area contributed by atoms with Gasteiger partial charge < -0.3 is 4.74 Å². The van der Waals surface area contributed by atoms with Crippen molar-refractivity contribution in [3.63, 3.8) is 0 Å². The Kier molecular flexibility index (Phi) is 6.34. The van der Waals surface area contributed by atoms with E-state index in [1.54, 1.807) is 0 Å². The molecule has 0 saturated heterocycles. The molecule has 0 bridgehead atoms. The van der Waals surface area contributed by atoms with E-state index in [1.807, 2.05) is 18.4 Å². The van der Waals surface area contributed by atoms with Crippen LogP contribution in [0.3, 0.4) is 0 Å². The van der Waals surface area contributed by atoms with Gasteiger partial charge in [-0.05, 0) is 68.2 Å². The van der Waals surface area contributed by atoms with Crippen LogP contribution in [0, 0.1) is 11.3 Å². The molecule has 21 heavy (non-hydrogen) atoms. The molecule has 2 heteroatoms. The van der Waals surface area contributed by atoms with Crippen LogP contribution in [-0.2, 0) is 4.74 Å². The largest absolute Gasteiger partial charge is 0.498 e. The fourth-order valence-corrected chi connectivity index (χ4v) is 2.92. The van der Waals surface area contributed by atoms with Crippen LogP contribution in [0.1, 0.15) is 68.9 Å². The van der Waals surface area contributed by atoms with Gasteiger partial charge in [0.1, 0.15) is 0 Å². The fourth-order valence-electron chi connectivity index (χ4n) is 2.92. The van der Waals surface area contributed by atoms with Crippen molar-refractivity contribution in [2.24, 2.45) is 0 Å². The van der Waals surface area contributed by atoms with Crippen LogP contribution >= 0.6 is 0 Å². The van der Waals surface area contributed by atoms with Gasteiger partial charge in [-0.2, -0.15) is 5.26 Å². The van der Waals surface area contributed by atoms with E-state index in [2.05, 4.69) is 31.2 Å². The molecule has 1 saturated carbocycles. The van der Waals surface area contributed by atoms with Crippen LogP contribution in [0.4, 0.5) is 0 Å². The van der Waals surface area contributed by atoms with E-state index in [9.17, 15) is 0 Å². The van der Waals surface area contributed by atoms with Gasteiger partial charge >= 0.3 is 0 Å². The van der Waals surface area contributed by atoms with Gasteiger partial charge in [0, 0.05) is 0 Å². The highest BCUT2D eigenvalue weighted by atomic mass is 16.5. The molecule has 0 heterocycles. The predicted octanol–water partition coefficient (Wildman–Crippen LogP) is 5.30. The Labute approximate surface area is 128 Å². The van der Waals surface area contributed by atoms with Gasteiger partial charge in [0.2, 0.25) is 0 Å². The van der Waals surface area contributed by atoms with Gasteiger partial charge in [-0.15, -0.1) is 0 Å². The molecule has 0 atom stereocenters. The molecule has 112 valence electrons. The van der Waals surface area contributed by atoms with Gasteiger partial charge in [-0.25, -0.2) is 0 Å². The molecule has 2 rings (SSSR count). The Bertz CT molecular complexity index is 475. The molecule has 1 aromatic rings. The topological polar surface area (TPSA) is 33.0 Å². The van der Waals surface area contributed by atoms with Crippen molar-refractivity contribution in [1.82, 2.24) is 0 Å². The summed E-state index contributed by atoms with van der Waals surface area (Å²) < 4.78 is 5.83. The molecule has 0 amide bonds. The average molecular weight is 283 g/mol. The number of unbranched alkanes of at least 4 members (excludes halogenated alkanes) is 2. The predicted molar refractivity (Wildman–Crippen MR) is 85.9 cm³/mol. The standard InChI is InChI=1S/C19H25NO/c1-2-3-4-5-14-21-19-12-10-18(11-13-19)17-8-6-16(15-20)7-9-17/h5-9,14,18-19H,2-4,10-13H2,1H3/b14-5+. The molecular formula is C19H25NO. The van der Waals surface area contributed by atoms with E-state index in [0.29, 0.717) is 12.0 Å². The third kappa shape index (κ3) is 4.93. The van der Waals surface area contributed by atoms with Crippen molar-refractivity contribution in [1.29, 1.82) is 5.26 Å². The van der Waals surface area contributed by atoms with Gasteiger partial charge in [0.25, 0.3) is 0 Å². The quantitative estimate of drug-likeness (QED) is 0.524. The minimum atomic E-state index is 0.387. The number of rotatable bonds is 6. The second-order valence-electron chi connectivity index (χ2n) is 5.86. The van der Waals surface area contributed by atoms with E-state index < -0.39 is 0 Å². The lowest BCUT2D eigenvalue weighted by molar-refractivity contribution is 0.0991. The second-order valence-corrected chi connectivity index (χ2v) is 5.86. The van der Waals surface area contributed by atoms with E-state index in [4.69, 9.17) is 10.00 Å². The Hall–Kier alpha value is -1.75. The highest BCUT2D eigenvalue weighted by molar-refractivity contribution is 5.33. The van der Waals surface area contributed by atoms with Gasteiger partial charge in [-0.3, -0.25) is 0 Å². The minimum Gasteiger partial charge on any atom is -0.498 e. The molecule has 2 nitrogen and oxygen atoms in total. The number of ether oxygens (including phenoxy) is 1. The molecule has 1 aromatic carbocycles. The number of nitrogens with zero attached hydrogens (tertiary/aromatic N) is 1. The number of allylic oxidation sites excluding steroid dienone is 1. The van der Waals surface area contributed by atoms with Crippen LogP contribution in [-0.4, -0.2) is 6.10 Å². The van der Waals surface area contributed by atoms with Crippen molar-refractivity contribution in [2.45, 2.75) is 63.9 Å². The third-order valence-electron chi connectivity index (χ3n) is 4.28. The summed E-state index contributed by atoms with van der Waals surface area (Å²) in [6.45, 7) is 2.21. The first-order valence-electron chi connectivity index (χ1n) is 8.14. The summed E-state index contributed by atoms with van der Waals surface area (Å²) in [6.07, 6.45) is 12.7. The molecular weight excluding hydrogens is 258 g/mol. The highest BCUT2D eigenvalue weighted by Gasteiger charge is 2.22. The molecule has 1 aliphatic carbocycles. The highest BCUT2D eigenvalue weighted by Crippen LogP contribution is 2.34. The van der Waals surface area contributed by atoms with E-state index in [0.717, 1.165) is 24.8 Å². The van der Waals surface area contributed by atoms with Gasteiger partial charge in [0.05, 0.1) is 24.0 Å². The van der Waals surface area contributed by atoms with Crippen LogP contribution in [0.2, 0.25) is 0 Å². The fraction of sp³-hybridized carbons (Fsp3) is 0.526. The smallest absolute Gasteiger partial charge is 0.0991 e. The summed E-state index contributed by atoms with van der Waals surface area (Å²) in [5.41, 5.74) is 2.11. The second kappa shape index (κ2) is 8.52. The lowest BCUT2D eigenvalue weighted by atomic mass is 9.82. The zero-order valence-electron chi connectivity index (χ0n) is 12.9. The van der Waals surface area contributed by atoms with Crippen LogP contribution in [0.15, 0.2) is 36.6 Å². The Balaban J connectivity index is 1.75. The van der Waals surface area contributed by atoms with Crippen molar-refractivity contribution in [3.05, 3.63) is 47.7 Å². The van der Waals surface area contributed by atoms with E-state index in [-0.39, 0.29) is 0 Å². The van der Waals surface area contributed by atoms with Crippen molar-refractivity contribution in [2.75, 3.05) is 0 Å². The Morgan fingerprint density at radius 2 is 1.90 bits per heavy atom. The monoisotopic (exact) mass is 283 g/mol. The third-order valence-corrected chi connectivity index (χ3v) is 4.28. The summed E-state index contributed by atoms with van der Waals surface area (Å²) in [5, 5.41) is 8.84. The van der Waals surface area contributed by atoms with Gasteiger partial charge in [-0.1, -0.05) is 25.5 Å². The molecule has 0 aliphatic heterocycles. The maximum Gasteiger partial charge on any atom is 0.0991 e. The normalized spacial score (nSPS) is 22.1. The van der Waals surface area contributed by atoms with E-state index >= 15 is 0 Å². The van der Waals surface area contributed by atoms with Gasteiger partial charge in [0.15, 0.2) is 0 Å². The Morgan fingerprint density at radius 1 is 1.19 bits per heavy atom. The maximum absolute atomic E-state index is 8.84. The van der Waals surface area contributed by atoms with Crippen molar-refractivity contribution < 1.29 is 4.74 Å². The first-order chi connectivity index (χ1) is 10.3. The molecule has 0 unspecified atom stereocenters. The average Bonchev–Trinajstić information content (AvgIpc) is 2.55. The molecule has 0 N–H and O–H groups in total. The molecule has 0 spiro atoms. The van der Waals surface area contributed by atoms with Crippen LogP contribution in [0.25, 0.3) is 0 Å². The summed E-state index contributed by atoms with van der Waals surface area (Å²) >= 11 is 0. The number of benzene rings is 1. The van der Waals surface area contributed by atoms with Crippen LogP contribution in [0.5, 0.6) is 0 Å². The number of hydrogen-bond donors (Lipinski definition) is 0. The maximum atomic E-state index is 8.84. The lowest BCUT2D eigenvalue weighted by Crippen LogP contribution is -2.19. The van der Waals surface area contributed by atoms with Crippen molar-refractivity contribution >= 4 is 0 Å². The summed E-state index contributed by atoms with van der Waals surface area (Å²) in [4.78, 5) is 0. The van der Waals surface area contributed by atoms with E-state index in [1.165, 1.54) is 31.2 Å². The summed E-state index contributed by atoms with van der Waals surface area (Å²) in [6, 6.07) is 10.2. The first-order valence-corrected chi connectivity index (χ1v) is 8.14. The zero-order chi connectivity index (χ0) is 14.9.